The summed E-state index contributed by atoms with van der Waals surface area (Å²) in [6.45, 7) is 5.14. The molecule has 0 saturated carbocycles. The number of aliphatic carboxylic acids is 1. The number of ketones is 1. The van der Waals surface area contributed by atoms with Crippen LogP contribution in [0.1, 0.15) is 47.3 Å². The van der Waals surface area contributed by atoms with Gasteiger partial charge in [-0.25, -0.2) is 0 Å². The summed E-state index contributed by atoms with van der Waals surface area (Å²) in [7, 11) is 0. The van der Waals surface area contributed by atoms with Crippen LogP contribution in [0.25, 0.3) is 0 Å². The zero-order valence-corrected chi connectivity index (χ0v) is 18.4. The first-order valence-electron chi connectivity index (χ1n) is 10.7. The molecule has 0 bridgehead atoms. The predicted molar refractivity (Wildman–Crippen MR) is 123 cm³/mol. The third-order valence-electron chi connectivity index (χ3n) is 4.87. The van der Waals surface area contributed by atoms with Gasteiger partial charge in [-0.1, -0.05) is 44.2 Å². The van der Waals surface area contributed by atoms with Crippen molar-refractivity contribution in [1.82, 2.24) is 0 Å². The Morgan fingerprint density at radius 2 is 1.56 bits per heavy atom. The van der Waals surface area contributed by atoms with Gasteiger partial charge in [-0.15, -0.1) is 0 Å². The lowest BCUT2D eigenvalue weighted by molar-refractivity contribution is -0.136. The van der Waals surface area contributed by atoms with E-state index >= 15 is 0 Å². The first-order valence-corrected chi connectivity index (χ1v) is 10.7. The van der Waals surface area contributed by atoms with Crippen LogP contribution in [0, 0.1) is 5.92 Å². The predicted octanol–water partition coefficient (Wildman–Crippen LogP) is 5.55. The fourth-order valence-corrected chi connectivity index (χ4v) is 3.17. The van der Waals surface area contributed by atoms with Crippen LogP contribution in [0.2, 0.25) is 0 Å². The van der Waals surface area contributed by atoms with Gasteiger partial charge in [-0.2, -0.15) is 0 Å². The number of hydrogen-bond donors (Lipinski definition) is 1. The van der Waals surface area contributed by atoms with Gasteiger partial charge in [0.15, 0.2) is 5.78 Å². The van der Waals surface area contributed by atoms with E-state index in [2.05, 4.69) is 13.8 Å². The van der Waals surface area contributed by atoms with Gasteiger partial charge in [0.2, 0.25) is 0 Å². The highest BCUT2D eigenvalue weighted by molar-refractivity contribution is 6.09. The van der Waals surface area contributed by atoms with Crippen LogP contribution in [0.4, 0.5) is 0 Å². The zero-order valence-electron chi connectivity index (χ0n) is 18.4. The number of carboxylic acids is 1. The summed E-state index contributed by atoms with van der Waals surface area (Å²) in [6, 6.07) is 22.0. The van der Waals surface area contributed by atoms with E-state index in [0.717, 1.165) is 11.3 Å². The summed E-state index contributed by atoms with van der Waals surface area (Å²) < 4.78 is 11.6. The maximum absolute atomic E-state index is 13.0. The average Bonchev–Trinajstić information content (AvgIpc) is 2.80. The zero-order chi connectivity index (χ0) is 22.9. The van der Waals surface area contributed by atoms with Gasteiger partial charge in [-0.3, -0.25) is 9.59 Å². The molecule has 0 heterocycles. The Kier molecular flexibility index (Phi) is 8.03. The lowest BCUT2D eigenvalue weighted by Gasteiger charge is -2.13. The number of benzene rings is 3. The quantitative estimate of drug-likeness (QED) is 0.402. The summed E-state index contributed by atoms with van der Waals surface area (Å²) in [5.74, 6) is 0.702. The fraction of sp³-hybridized carbons (Fsp3) is 0.259. The minimum atomic E-state index is -0.896. The van der Waals surface area contributed by atoms with Crippen molar-refractivity contribution in [3.63, 3.8) is 0 Å². The molecule has 0 aromatic heterocycles. The van der Waals surface area contributed by atoms with E-state index in [9.17, 15) is 9.59 Å². The topological polar surface area (TPSA) is 72.8 Å². The van der Waals surface area contributed by atoms with Gasteiger partial charge in [0, 0.05) is 17.5 Å². The Hall–Kier alpha value is -3.60. The van der Waals surface area contributed by atoms with Crippen molar-refractivity contribution in [2.75, 3.05) is 6.61 Å². The van der Waals surface area contributed by atoms with Crippen LogP contribution in [0.5, 0.6) is 11.5 Å². The Labute approximate surface area is 188 Å². The molecule has 3 aromatic rings. The number of ether oxygens (including phenoxy) is 2. The van der Waals surface area contributed by atoms with E-state index in [1.54, 1.807) is 42.5 Å². The summed E-state index contributed by atoms with van der Waals surface area (Å²) in [4.78, 5) is 24.1. The molecule has 0 aliphatic heterocycles. The van der Waals surface area contributed by atoms with E-state index in [-0.39, 0.29) is 18.6 Å². The van der Waals surface area contributed by atoms with Crippen LogP contribution in [0.15, 0.2) is 72.8 Å². The third kappa shape index (κ3) is 6.71. The van der Waals surface area contributed by atoms with Gasteiger partial charge in [0.1, 0.15) is 18.1 Å². The highest BCUT2D eigenvalue weighted by Crippen LogP contribution is 2.25. The van der Waals surface area contributed by atoms with Crippen molar-refractivity contribution in [3.05, 3.63) is 95.1 Å². The fourth-order valence-electron chi connectivity index (χ4n) is 3.17. The van der Waals surface area contributed by atoms with Gasteiger partial charge >= 0.3 is 5.97 Å². The monoisotopic (exact) mass is 432 g/mol. The highest BCUT2D eigenvalue weighted by atomic mass is 16.5. The molecule has 0 fully saturated rings. The van der Waals surface area contributed by atoms with Gasteiger partial charge in [0.25, 0.3) is 0 Å². The molecule has 32 heavy (non-hydrogen) atoms. The van der Waals surface area contributed by atoms with Crippen LogP contribution in [-0.4, -0.2) is 23.5 Å². The Morgan fingerprint density at radius 3 is 2.22 bits per heavy atom. The number of aryl methyl sites for hydroxylation is 1. The second-order valence-electron chi connectivity index (χ2n) is 8.05. The molecular weight excluding hydrogens is 404 g/mol. The van der Waals surface area contributed by atoms with Crippen molar-refractivity contribution >= 4 is 11.8 Å². The van der Waals surface area contributed by atoms with Crippen LogP contribution < -0.4 is 9.47 Å². The van der Waals surface area contributed by atoms with E-state index in [1.165, 1.54) is 0 Å². The molecule has 166 valence electrons. The smallest absolute Gasteiger partial charge is 0.303 e. The SMILES string of the molecule is CC(C)COc1ccc(C(=O)c2ccc(OCc3ccccc3)c(CCC(=O)O)c2)cc1. The minimum Gasteiger partial charge on any atom is -0.493 e. The van der Waals surface area contributed by atoms with Crippen LogP contribution in [-0.2, 0) is 17.8 Å². The average molecular weight is 433 g/mol. The summed E-state index contributed by atoms with van der Waals surface area (Å²) >= 11 is 0. The Bertz CT molecular complexity index is 1040. The maximum atomic E-state index is 13.0. The second-order valence-corrected chi connectivity index (χ2v) is 8.05. The Morgan fingerprint density at radius 1 is 0.875 bits per heavy atom. The number of carbonyl (C=O) groups is 2. The first-order chi connectivity index (χ1) is 15.4. The third-order valence-corrected chi connectivity index (χ3v) is 4.87. The number of rotatable bonds is 11. The number of hydrogen-bond acceptors (Lipinski definition) is 4. The van der Waals surface area contributed by atoms with Crippen LogP contribution in [0.3, 0.4) is 0 Å². The molecule has 0 saturated heterocycles. The van der Waals surface area contributed by atoms with Crippen molar-refractivity contribution < 1.29 is 24.2 Å². The molecule has 0 spiro atoms. The highest BCUT2D eigenvalue weighted by Gasteiger charge is 2.14. The Balaban J connectivity index is 1.77. The van der Waals surface area contributed by atoms with Crippen molar-refractivity contribution in [2.45, 2.75) is 33.3 Å². The molecule has 5 heteroatoms. The molecular formula is C27H28O5. The normalized spacial score (nSPS) is 10.7. The summed E-state index contributed by atoms with van der Waals surface area (Å²) in [5.41, 5.74) is 2.75. The second kappa shape index (κ2) is 11.1. The summed E-state index contributed by atoms with van der Waals surface area (Å²) in [6.07, 6.45) is 0.240. The molecule has 0 amide bonds. The van der Waals surface area contributed by atoms with E-state index < -0.39 is 5.97 Å². The van der Waals surface area contributed by atoms with Crippen molar-refractivity contribution in [1.29, 1.82) is 0 Å². The lowest BCUT2D eigenvalue weighted by Crippen LogP contribution is -2.07. The molecule has 3 aromatic carbocycles. The van der Waals surface area contributed by atoms with Crippen molar-refractivity contribution in [2.24, 2.45) is 5.92 Å². The molecule has 0 aliphatic rings. The molecule has 0 unspecified atom stereocenters. The first kappa shape index (κ1) is 23.1. The van der Waals surface area contributed by atoms with Crippen LogP contribution >= 0.6 is 0 Å². The van der Waals surface area contributed by atoms with E-state index in [4.69, 9.17) is 14.6 Å². The lowest BCUT2D eigenvalue weighted by atomic mass is 9.99. The maximum Gasteiger partial charge on any atom is 0.303 e. The van der Waals surface area contributed by atoms with Crippen molar-refractivity contribution in [3.8, 4) is 11.5 Å². The molecule has 0 radical (unpaired) electrons. The molecule has 3 rings (SSSR count). The molecule has 5 nitrogen and oxygen atoms in total. The largest absolute Gasteiger partial charge is 0.493 e. The van der Waals surface area contributed by atoms with Gasteiger partial charge < -0.3 is 14.6 Å². The molecule has 0 atom stereocenters. The standard InChI is InChI=1S/C27H28O5/c1-19(2)17-31-24-12-8-21(9-13-24)27(30)23-10-14-25(22(16-23)11-15-26(28)29)32-18-20-6-4-3-5-7-20/h3-10,12-14,16,19H,11,15,17-18H2,1-2H3,(H,28,29). The van der Waals surface area contributed by atoms with E-state index in [1.807, 2.05) is 30.3 Å². The minimum absolute atomic E-state index is 0.0404. The summed E-state index contributed by atoms with van der Waals surface area (Å²) in [5, 5.41) is 9.11. The number of carboxylic acid groups (broad SMARTS) is 1. The number of carbonyl (C=O) groups excluding carboxylic acids is 1. The van der Waals surface area contributed by atoms with Gasteiger partial charge in [-0.05, 0) is 65.9 Å². The van der Waals surface area contributed by atoms with Gasteiger partial charge in [0.05, 0.1) is 6.61 Å². The van der Waals surface area contributed by atoms with E-state index in [0.29, 0.717) is 41.6 Å². The molecule has 0 aliphatic carbocycles. The molecule has 1 N–H and O–H groups in total.